The van der Waals surface area contributed by atoms with Gasteiger partial charge >= 0.3 is 0 Å². The van der Waals surface area contributed by atoms with Crippen molar-refractivity contribution in [2.45, 2.75) is 20.0 Å². The summed E-state index contributed by atoms with van der Waals surface area (Å²) in [6.45, 7) is 0.108. The van der Waals surface area contributed by atoms with Gasteiger partial charge in [0.25, 0.3) is 11.8 Å². The predicted octanol–water partition coefficient (Wildman–Crippen LogP) is 2.15. The Morgan fingerprint density at radius 3 is 2.11 bits per heavy atom. The Morgan fingerprint density at radius 2 is 1.53 bits per heavy atom. The standard InChI is InChI=1S/C27H26FN5O4.CH4/c28-23-4-2-1-3-21(23)16-30-17-25(34)31-22-13-9-19(10-14-22)6-5-18-7-11-20(12-8-18)26(35)32-24(15-29)27(36)33-37;/h1-4,7-14,24,30,37H,15-17,29H2,(H,31,34)(H,32,35)(H,33,36);1H4/t24-;/m0./s1. The quantitative estimate of drug-likeness (QED) is 0.145. The fraction of sp³-hybridized carbons (Fsp3) is 0.179. The highest BCUT2D eigenvalue weighted by molar-refractivity contribution is 5.97. The molecule has 0 bridgehead atoms. The Kier molecular flexibility index (Phi) is 11.6. The first kappa shape index (κ1) is 29.7. The molecule has 3 amide bonds. The number of hydroxylamine groups is 1. The van der Waals surface area contributed by atoms with E-state index in [0.717, 1.165) is 5.56 Å². The number of nitrogens with one attached hydrogen (secondary N) is 4. The van der Waals surface area contributed by atoms with Crippen LogP contribution in [0, 0.1) is 17.7 Å². The second-order valence-electron chi connectivity index (χ2n) is 7.89. The maximum absolute atomic E-state index is 13.6. The Labute approximate surface area is 220 Å². The molecule has 0 aliphatic rings. The highest BCUT2D eigenvalue weighted by atomic mass is 19.1. The van der Waals surface area contributed by atoms with Gasteiger partial charge in [-0.3, -0.25) is 19.6 Å². The van der Waals surface area contributed by atoms with Crippen LogP contribution in [-0.2, 0) is 16.1 Å². The van der Waals surface area contributed by atoms with Crippen LogP contribution in [0.2, 0.25) is 0 Å². The van der Waals surface area contributed by atoms with Gasteiger partial charge in [-0.1, -0.05) is 37.5 Å². The third-order valence-electron chi connectivity index (χ3n) is 5.19. The maximum Gasteiger partial charge on any atom is 0.267 e. The summed E-state index contributed by atoms with van der Waals surface area (Å²) in [5, 5.41) is 16.8. The minimum atomic E-state index is -1.06. The molecule has 10 heteroatoms. The summed E-state index contributed by atoms with van der Waals surface area (Å²) >= 11 is 0. The summed E-state index contributed by atoms with van der Waals surface area (Å²) in [6.07, 6.45) is 0. The van der Waals surface area contributed by atoms with Crippen LogP contribution >= 0.6 is 0 Å². The van der Waals surface area contributed by atoms with E-state index in [4.69, 9.17) is 10.9 Å². The van der Waals surface area contributed by atoms with Gasteiger partial charge in [0.2, 0.25) is 5.91 Å². The first-order valence-electron chi connectivity index (χ1n) is 11.3. The number of nitrogens with two attached hydrogens (primary N) is 1. The van der Waals surface area contributed by atoms with Crippen molar-refractivity contribution in [1.82, 2.24) is 16.1 Å². The number of carbonyl (C=O) groups is 3. The number of hydrogen-bond donors (Lipinski definition) is 6. The molecule has 0 spiro atoms. The van der Waals surface area contributed by atoms with Gasteiger partial charge in [0.15, 0.2) is 0 Å². The number of anilines is 1. The minimum absolute atomic E-state index is 0. The van der Waals surface area contributed by atoms with Crippen molar-refractivity contribution >= 4 is 23.4 Å². The zero-order valence-electron chi connectivity index (χ0n) is 19.8. The molecule has 0 aliphatic carbocycles. The molecule has 0 unspecified atom stereocenters. The molecule has 0 saturated carbocycles. The fourth-order valence-electron chi connectivity index (χ4n) is 3.19. The fourth-order valence-corrected chi connectivity index (χ4v) is 3.19. The van der Waals surface area contributed by atoms with Gasteiger partial charge in [0.1, 0.15) is 11.9 Å². The van der Waals surface area contributed by atoms with Crippen LogP contribution in [-0.4, -0.2) is 42.1 Å². The van der Waals surface area contributed by atoms with E-state index in [1.807, 2.05) is 0 Å². The van der Waals surface area contributed by atoms with Gasteiger partial charge in [-0.2, -0.15) is 0 Å². The molecule has 0 radical (unpaired) electrons. The topological polar surface area (TPSA) is 146 Å². The molecule has 0 aliphatic heterocycles. The molecule has 1 atom stereocenters. The number of halogens is 1. The van der Waals surface area contributed by atoms with Gasteiger partial charge in [-0.05, 0) is 54.6 Å². The summed E-state index contributed by atoms with van der Waals surface area (Å²) in [6, 6.07) is 18.7. The molecule has 0 saturated heterocycles. The van der Waals surface area contributed by atoms with Gasteiger partial charge in [0.05, 0.1) is 6.54 Å². The van der Waals surface area contributed by atoms with Crippen LogP contribution in [0.3, 0.4) is 0 Å². The second kappa shape index (κ2) is 14.9. The Morgan fingerprint density at radius 1 is 0.921 bits per heavy atom. The summed E-state index contributed by atoms with van der Waals surface area (Å²) < 4.78 is 13.6. The van der Waals surface area contributed by atoms with Crippen LogP contribution in [0.1, 0.15) is 34.5 Å². The third kappa shape index (κ3) is 8.83. The van der Waals surface area contributed by atoms with Crippen LogP contribution in [0.25, 0.3) is 0 Å². The molecular formula is C28H30FN5O4. The zero-order chi connectivity index (χ0) is 26.6. The van der Waals surface area contributed by atoms with Gasteiger partial charge in [-0.25, -0.2) is 9.87 Å². The zero-order valence-corrected chi connectivity index (χ0v) is 19.8. The second-order valence-corrected chi connectivity index (χ2v) is 7.89. The van der Waals surface area contributed by atoms with E-state index in [2.05, 4.69) is 27.8 Å². The Balaban J connectivity index is 0.00000507. The van der Waals surface area contributed by atoms with E-state index in [0.29, 0.717) is 22.4 Å². The highest BCUT2D eigenvalue weighted by Crippen LogP contribution is 2.10. The van der Waals surface area contributed by atoms with Gasteiger partial charge < -0.3 is 21.7 Å². The first-order chi connectivity index (χ1) is 17.9. The highest BCUT2D eigenvalue weighted by Gasteiger charge is 2.19. The average Bonchev–Trinajstić information content (AvgIpc) is 2.92. The van der Waals surface area contributed by atoms with Crippen molar-refractivity contribution < 1.29 is 24.0 Å². The molecule has 0 fully saturated rings. The van der Waals surface area contributed by atoms with Gasteiger partial charge in [-0.15, -0.1) is 0 Å². The van der Waals surface area contributed by atoms with Crippen molar-refractivity contribution in [3.05, 3.63) is 101 Å². The molecule has 3 aromatic rings. The Bertz CT molecular complexity index is 1300. The normalized spacial score (nSPS) is 10.7. The third-order valence-corrected chi connectivity index (χ3v) is 5.19. The van der Waals surface area contributed by atoms with E-state index in [-0.39, 0.29) is 38.8 Å². The lowest BCUT2D eigenvalue weighted by Gasteiger charge is -2.14. The number of carbonyl (C=O) groups excluding carboxylic acids is 3. The van der Waals surface area contributed by atoms with Gasteiger partial charge in [0, 0.05) is 41.0 Å². The van der Waals surface area contributed by atoms with Crippen molar-refractivity contribution in [3.63, 3.8) is 0 Å². The monoisotopic (exact) mass is 519 g/mol. The SMILES string of the molecule is C.NC[C@H](NC(=O)c1ccc(C#Cc2ccc(NC(=O)CNCc3ccccc3F)cc2)cc1)C(=O)NO. The lowest BCUT2D eigenvalue weighted by atomic mass is 10.1. The summed E-state index contributed by atoms with van der Waals surface area (Å²) in [4.78, 5) is 35.8. The average molecular weight is 520 g/mol. The van der Waals surface area contributed by atoms with E-state index < -0.39 is 17.9 Å². The van der Waals surface area contributed by atoms with Crippen molar-refractivity contribution in [2.24, 2.45) is 5.73 Å². The van der Waals surface area contributed by atoms with Crippen LogP contribution in [0.5, 0.6) is 0 Å². The van der Waals surface area contributed by atoms with Crippen molar-refractivity contribution in [1.29, 1.82) is 0 Å². The molecule has 7 N–H and O–H groups in total. The van der Waals surface area contributed by atoms with Crippen molar-refractivity contribution in [3.8, 4) is 11.8 Å². The predicted molar refractivity (Wildman–Crippen MR) is 143 cm³/mol. The summed E-state index contributed by atoms with van der Waals surface area (Å²) in [7, 11) is 0. The molecule has 38 heavy (non-hydrogen) atoms. The van der Waals surface area contributed by atoms with E-state index in [9.17, 15) is 18.8 Å². The maximum atomic E-state index is 13.6. The smallest absolute Gasteiger partial charge is 0.267 e. The number of amides is 3. The lowest BCUT2D eigenvalue weighted by Crippen LogP contribution is -2.50. The van der Waals surface area contributed by atoms with E-state index in [1.165, 1.54) is 11.5 Å². The summed E-state index contributed by atoms with van der Waals surface area (Å²) in [5.41, 5.74) is 9.67. The van der Waals surface area contributed by atoms with E-state index >= 15 is 0 Å². The van der Waals surface area contributed by atoms with Crippen LogP contribution in [0.15, 0.2) is 72.8 Å². The lowest BCUT2D eigenvalue weighted by molar-refractivity contribution is -0.130. The molecule has 198 valence electrons. The van der Waals surface area contributed by atoms with Crippen LogP contribution < -0.4 is 27.2 Å². The van der Waals surface area contributed by atoms with Crippen molar-refractivity contribution in [2.75, 3.05) is 18.4 Å². The van der Waals surface area contributed by atoms with E-state index in [1.54, 1.807) is 66.7 Å². The molecular weight excluding hydrogens is 489 g/mol. The largest absolute Gasteiger partial charge is 0.339 e. The van der Waals surface area contributed by atoms with Crippen LogP contribution in [0.4, 0.5) is 10.1 Å². The number of rotatable bonds is 9. The summed E-state index contributed by atoms with van der Waals surface area (Å²) in [5.74, 6) is 4.09. The molecule has 3 rings (SSSR count). The Hall–Kier alpha value is -4.56. The molecule has 0 heterocycles. The molecule has 0 aromatic heterocycles. The first-order valence-corrected chi connectivity index (χ1v) is 11.3. The number of hydrogen-bond acceptors (Lipinski definition) is 6. The molecule has 9 nitrogen and oxygen atoms in total. The number of benzene rings is 3. The minimum Gasteiger partial charge on any atom is -0.339 e. The molecule has 3 aromatic carbocycles.